The molecule has 0 aliphatic carbocycles. The van der Waals surface area contributed by atoms with Crippen molar-refractivity contribution < 1.29 is 28.2 Å². The van der Waals surface area contributed by atoms with Crippen LogP contribution in [0.5, 0.6) is 11.5 Å². The summed E-state index contributed by atoms with van der Waals surface area (Å²) in [6, 6.07) is 9.74. The number of amides is 4. The standard InChI is InChI=1S/C23H24FN3O5/c1-3-23(16-5-7-17(24)8-6-16)21(29)27(22(30)26-23)13-20(28)25-14(2)15-4-9-18-19(12-15)32-11-10-31-18/h4-9,12,14H,3,10-11,13H2,1-2H3,(H,25,28)(H,26,30)/t14-,23-/m0/s1. The third-order valence-corrected chi connectivity index (χ3v) is 5.79. The summed E-state index contributed by atoms with van der Waals surface area (Å²) in [6.07, 6.45) is 0.259. The highest BCUT2D eigenvalue weighted by molar-refractivity contribution is 6.09. The van der Waals surface area contributed by atoms with Crippen molar-refractivity contribution in [1.82, 2.24) is 15.5 Å². The van der Waals surface area contributed by atoms with Crippen molar-refractivity contribution in [3.63, 3.8) is 0 Å². The SMILES string of the molecule is CC[C@@]1(c2ccc(F)cc2)NC(=O)N(CC(=O)N[C@@H](C)c2ccc3c(c2)OCCO3)C1=O. The molecule has 0 spiro atoms. The van der Waals surface area contributed by atoms with E-state index in [9.17, 15) is 18.8 Å². The number of nitrogens with one attached hydrogen (secondary N) is 2. The predicted octanol–water partition coefficient (Wildman–Crippen LogP) is 2.63. The van der Waals surface area contributed by atoms with E-state index in [1.165, 1.54) is 24.3 Å². The van der Waals surface area contributed by atoms with Gasteiger partial charge in [0.1, 0.15) is 31.1 Å². The first-order valence-corrected chi connectivity index (χ1v) is 10.4. The van der Waals surface area contributed by atoms with Crippen molar-refractivity contribution in [2.45, 2.75) is 31.8 Å². The molecular formula is C23H24FN3O5. The second kappa shape index (κ2) is 8.49. The zero-order valence-corrected chi connectivity index (χ0v) is 17.8. The summed E-state index contributed by atoms with van der Waals surface area (Å²) in [5.74, 6) is -0.215. The molecule has 0 bridgehead atoms. The second-order valence-electron chi connectivity index (χ2n) is 7.78. The first-order chi connectivity index (χ1) is 15.3. The maximum atomic E-state index is 13.3. The van der Waals surface area contributed by atoms with Crippen LogP contribution in [-0.2, 0) is 15.1 Å². The summed E-state index contributed by atoms with van der Waals surface area (Å²) in [4.78, 5) is 39.2. The number of carbonyl (C=O) groups is 3. The summed E-state index contributed by atoms with van der Waals surface area (Å²) in [5.41, 5.74) is -0.0618. The van der Waals surface area contributed by atoms with Crippen LogP contribution in [0.1, 0.15) is 37.4 Å². The van der Waals surface area contributed by atoms with Crippen LogP contribution in [0.2, 0.25) is 0 Å². The third kappa shape index (κ3) is 3.86. The topological polar surface area (TPSA) is 97.0 Å². The highest BCUT2D eigenvalue weighted by Gasteiger charge is 2.51. The molecule has 2 atom stereocenters. The summed E-state index contributed by atoms with van der Waals surface area (Å²) in [7, 11) is 0. The smallest absolute Gasteiger partial charge is 0.325 e. The van der Waals surface area contributed by atoms with Crippen molar-refractivity contribution >= 4 is 17.8 Å². The van der Waals surface area contributed by atoms with Gasteiger partial charge in [-0.25, -0.2) is 9.18 Å². The lowest BCUT2D eigenvalue weighted by atomic mass is 9.87. The number of hydrogen-bond acceptors (Lipinski definition) is 5. The Morgan fingerprint density at radius 1 is 1.16 bits per heavy atom. The van der Waals surface area contributed by atoms with Crippen LogP contribution in [0.3, 0.4) is 0 Å². The van der Waals surface area contributed by atoms with E-state index in [0.29, 0.717) is 30.3 Å². The Hall–Kier alpha value is -3.62. The Kier molecular flexibility index (Phi) is 5.73. The maximum Gasteiger partial charge on any atom is 0.325 e. The fraction of sp³-hybridized carbons (Fsp3) is 0.348. The normalized spacial score (nSPS) is 20.7. The minimum atomic E-state index is -1.33. The number of ether oxygens (including phenoxy) is 2. The summed E-state index contributed by atoms with van der Waals surface area (Å²) in [5, 5.41) is 5.49. The van der Waals surface area contributed by atoms with Gasteiger partial charge in [0, 0.05) is 0 Å². The molecule has 0 unspecified atom stereocenters. The first-order valence-electron chi connectivity index (χ1n) is 10.4. The number of rotatable bonds is 6. The number of nitrogens with zero attached hydrogens (tertiary/aromatic N) is 1. The number of halogens is 1. The first kappa shape index (κ1) is 21.6. The number of imide groups is 1. The fourth-order valence-corrected chi connectivity index (χ4v) is 3.99. The number of urea groups is 1. The van der Waals surface area contributed by atoms with E-state index in [2.05, 4.69) is 10.6 Å². The number of benzene rings is 2. The Labute approximate surface area is 184 Å². The molecule has 2 aromatic rings. The molecule has 2 aliphatic heterocycles. The van der Waals surface area contributed by atoms with Gasteiger partial charge in [-0.1, -0.05) is 25.1 Å². The van der Waals surface area contributed by atoms with E-state index in [1.807, 2.05) is 6.07 Å². The van der Waals surface area contributed by atoms with E-state index >= 15 is 0 Å². The average molecular weight is 441 g/mol. The molecule has 9 heteroatoms. The van der Waals surface area contributed by atoms with Crippen LogP contribution < -0.4 is 20.1 Å². The molecule has 168 valence electrons. The maximum absolute atomic E-state index is 13.3. The van der Waals surface area contributed by atoms with Crippen LogP contribution in [-0.4, -0.2) is 42.5 Å². The number of hydrogen-bond donors (Lipinski definition) is 2. The van der Waals surface area contributed by atoms with Crippen LogP contribution in [0.15, 0.2) is 42.5 Å². The third-order valence-electron chi connectivity index (χ3n) is 5.79. The monoisotopic (exact) mass is 441 g/mol. The van der Waals surface area contributed by atoms with Crippen LogP contribution in [0, 0.1) is 5.82 Å². The Morgan fingerprint density at radius 2 is 1.84 bits per heavy atom. The molecule has 8 nitrogen and oxygen atoms in total. The molecule has 2 aromatic carbocycles. The zero-order valence-electron chi connectivity index (χ0n) is 17.8. The molecule has 0 radical (unpaired) electrons. The van der Waals surface area contributed by atoms with Gasteiger partial charge in [0.2, 0.25) is 5.91 Å². The van der Waals surface area contributed by atoms with Gasteiger partial charge < -0.3 is 20.1 Å². The predicted molar refractivity (Wildman–Crippen MR) is 113 cm³/mol. The lowest BCUT2D eigenvalue weighted by Crippen LogP contribution is -2.45. The van der Waals surface area contributed by atoms with E-state index in [1.54, 1.807) is 26.0 Å². The van der Waals surface area contributed by atoms with Gasteiger partial charge in [-0.3, -0.25) is 14.5 Å². The van der Waals surface area contributed by atoms with Gasteiger partial charge in [-0.15, -0.1) is 0 Å². The van der Waals surface area contributed by atoms with Crippen molar-refractivity contribution in [2.24, 2.45) is 0 Å². The van der Waals surface area contributed by atoms with Crippen molar-refractivity contribution in [3.8, 4) is 11.5 Å². The molecule has 2 heterocycles. The molecule has 1 fully saturated rings. The second-order valence-corrected chi connectivity index (χ2v) is 7.78. The van der Waals surface area contributed by atoms with Gasteiger partial charge in [-0.2, -0.15) is 0 Å². The van der Waals surface area contributed by atoms with E-state index in [4.69, 9.17) is 9.47 Å². The van der Waals surface area contributed by atoms with Crippen LogP contribution in [0.25, 0.3) is 0 Å². The van der Waals surface area contributed by atoms with Crippen molar-refractivity contribution in [2.75, 3.05) is 19.8 Å². The molecule has 2 N–H and O–H groups in total. The van der Waals surface area contributed by atoms with E-state index in [-0.39, 0.29) is 12.5 Å². The fourth-order valence-electron chi connectivity index (χ4n) is 3.99. The number of carbonyl (C=O) groups excluding carboxylic acids is 3. The Morgan fingerprint density at radius 3 is 2.53 bits per heavy atom. The minimum Gasteiger partial charge on any atom is -0.486 e. The summed E-state index contributed by atoms with van der Waals surface area (Å²) >= 11 is 0. The molecule has 32 heavy (non-hydrogen) atoms. The molecule has 4 rings (SSSR count). The minimum absolute atomic E-state index is 0.259. The zero-order chi connectivity index (χ0) is 22.9. The van der Waals surface area contributed by atoms with Gasteiger partial charge in [0.25, 0.3) is 5.91 Å². The van der Waals surface area contributed by atoms with E-state index in [0.717, 1.165) is 10.5 Å². The summed E-state index contributed by atoms with van der Waals surface area (Å²) in [6.45, 7) is 4.06. The Bertz CT molecular complexity index is 1060. The molecule has 1 saturated heterocycles. The summed E-state index contributed by atoms with van der Waals surface area (Å²) < 4.78 is 24.4. The largest absolute Gasteiger partial charge is 0.486 e. The molecule has 0 saturated carbocycles. The van der Waals surface area contributed by atoms with Gasteiger partial charge in [0.15, 0.2) is 11.5 Å². The van der Waals surface area contributed by atoms with E-state index < -0.39 is 35.7 Å². The molecule has 4 amide bonds. The lowest BCUT2D eigenvalue weighted by Gasteiger charge is -2.26. The highest BCUT2D eigenvalue weighted by atomic mass is 19.1. The van der Waals surface area contributed by atoms with Crippen LogP contribution in [0.4, 0.5) is 9.18 Å². The quantitative estimate of drug-likeness (QED) is 0.672. The van der Waals surface area contributed by atoms with Crippen molar-refractivity contribution in [3.05, 3.63) is 59.4 Å². The Balaban J connectivity index is 1.45. The van der Waals surface area contributed by atoms with Crippen molar-refractivity contribution in [1.29, 1.82) is 0 Å². The lowest BCUT2D eigenvalue weighted by molar-refractivity contribution is -0.135. The van der Waals surface area contributed by atoms with Gasteiger partial charge in [-0.05, 0) is 48.7 Å². The van der Waals surface area contributed by atoms with Gasteiger partial charge in [0.05, 0.1) is 6.04 Å². The molecular weight excluding hydrogens is 417 g/mol. The molecule has 2 aliphatic rings. The average Bonchev–Trinajstić information content (AvgIpc) is 3.04. The van der Waals surface area contributed by atoms with Gasteiger partial charge >= 0.3 is 6.03 Å². The van der Waals surface area contributed by atoms with Crippen LogP contribution >= 0.6 is 0 Å². The number of fused-ring (bicyclic) bond motifs is 1. The highest BCUT2D eigenvalue weighted by Crippen LogP contribution is 2.34. The molecule has 0 aromatic heterocycles.